The number of hydrogen-bond donors (Lipinski definition) is 3. The average Bonchev–Trinajstić information content (AvgIpc) is 3.10. The number of rotatable bonds is 6. The monoisotopic (exact) mass is 466 g/mol. The number of benzene rings is 3. The first-order valence-electron chi connectivity index (χ1n) is 10.4. The van der Waals surface area contributed by atoms with Crippen molar-refractivity contribution in [1.29, 1.82) is 0 Å². The van der Waals surface area contributed by atoms with Crippen LogP contribution in [0, 0.1) is 11.6 Å². The molecule has 174 valence electrons. The summed E-state index contributed by atoms with van der Waals surface area (Å²) < 4.78 is 33.0. The molecule has 1 aliphatic carbocycles. The maximum Gasteiger partial charge on any atom is 0.407 e. The number of nitrogens with one attached hydrogen (secondary N) is 2. The molecule has 0 saturated carbocycles. The number of hydrogen-bond acceptors (Lipinski definition) is 4. The Labute approximate surface area is 193 Å². The molecule has 1 atom stereocenters. The largest absolute Gasteiger partial charge is 0.477 e. The summed E-state index contributed by atoms with van der Waals surface area (Å²) in [6.45, 7) is 1.43. The van der Waals surface area contributed by atoms with Gasteiger partial charge in [0.15, 0.2) is 0 Å². The van der Waals surface area contributed by atoms with Gasteiger partial charge in [-0.05, 0) is 41.3 Å². The Morgan fingerprint density at radius 2 is 1.50 bits per heavy atom. The van der Waals surface area contributed by atoms with Crippen molar-refractivity contribution in [3.63, 3.8) is 0 Å². The van der Waals surface area contributed by atoms with Gasteiger partial charge in [-0.3, -0.25) is 4.79 Å². The Morgan fingerprint density at radius 1 is 0.971 bits per heavy atom. The van der Waals surface area contributed by atoms with Gasteiger partial charge in [0.1, 0.15) is 29.8 Å². The topological polar surface area (TPSA) is 105 Å². The van der Waals surface area contributed by atoms with Crippen molar-refractivity contribution in [3.8, 4) is 11.1 Å². The molecule has 3 aromatic rings. The highest BCUT2D eigenvalue weighted by molar-refractivity contribution is 5.97. The van der Waals surface area contributed by atoms with Crippen molar-refractivity contribution in [2.24, 2.45) is 0 Å². The van der Waals surface area contributed by atoms with Gasteiger partial charge in [-0.2, -0.15) is 0 Å². The van der Waals surface area contributed by atoms with E-state index in [-0.39, 0.29) is 18.2 Å². The van der Waals surface area contributed by atoms with E-state index in [0.717, 1.165) is 22.3 Å². The Kier molecular flexibility index (Phi) is 6.27. The number of fused-ring (bicyclic) bond motifs is 3. The van der Waals surface area contributed by atoms with E-state index in [4.69, 9.17) is 9.84 Å². The first kappa shape index (κ1) is 22.9. The van der Waals surface area contributed by atoms with Gasteiger partial charge in [0.25, 0.3) is 0 Å². The number of amides is 2. The van der Waals surface area contributed by atoms with E-state index in [1.807, 2.05) is 48.5 Å². The first-order chi connectivity index (χ1) is 16.3. The van der Waals surface area contributed by atoms with Crippen LogP contribution in [0.1, 0.15) is 34.3 Å². The van der Waals surface area contributed by atoms with Crippen LogP contribution in [-0.2, 0) is 9.53 Å². The van der Waals surface area contributed by atoms with Crippen LogP contribution in [0.25, 0.3) is 11.1 Å². The molecule has 0 saturated heterocycles. The van der Waals surface area contributed by atoms with Gasteiger partial charge in [-0.15, -0.1) is 0 Å². The molecule has 2 amide bonds. The summed E-state index contributed by atoms with van der Waals surface area (Å²) in [6.07, 6.45) is -0.830. The van der Waals surface area contributed by atoms with Crippen molar-refractivity contribution in [1.82, 2.24) is 5.32 Å². The minimum Gasteiger partial charge on any atom is -0.477 e. The number of alkyl carbamates (subject to hydrolysis) is 1. The van der Waals surface area contributed by atoms with Crippen molar-refractivity contribution in [2.45, 2.75) is 18.9 Å². The molecule has 0 fully saturated rings. The third-order valence-corrected chi connectivity index (χ3v) is 5.59. The van der Waals surface area contributed by atoms with Crippen LogP contribution in [0.2, 0.25) is 0 Å². The zero-order chi connectivity index (χ0) is 24.4. The van der Waals surface area contributed by atoms with Gasteiger partial charge in [0.05, 0.1) is 0 Å². The summed E-state index contributed by atoms with van der Waals surface area (Å²) >= 11 is 0. The van der Waals surface area contributed by atoms with E-state index in [1.54, 1.807) is 0 Å². The van der Waals surface area contributed by atoms with Crippen molar-refractivity contribution < 1.29 is 33.0 Å². The molecule has 0 aromatic heterocycles. The van der Waals surface area contributed by atoms with Gasteiger partial charge in [0.2, 0.25) is 5.91 Å². The van der Waals surface area contributed by atoms with E-state index in [0.29, 0.717) is 12.1 Å². The maximum absolute atomic E-state index is 13.8. The van der Waals surface area contributed by atoms with Gasteiger partial charge >= 0.3 is 12.1 Å². The lowest BCUT2D eigenvalue weighted by atomic mass is 9.98. The Balaban J connectivity index is 1.37. The number of carbonyl (C=O) groups is 3. The third-order valence-electron chi connectivity index (χ3n) is 5.59. The van der Waals surface area contributed by atoms with Crippen molar-refractivity contribution in [2.75, 3.05) is 11.9 Å². The first-order valence-corrected chi connectivity index (χ1v) is 10.4. The number of aromatic carboxylic acids is 1. The molecule has 7 nitrogen and oxygen atoms in total. The van der Waals surface area contributed by atoms with E-state index in [1.165, 1.54) is 6.92 Å². The predicted molar refractivity (Wildman–Crippen MR) is 120 cm³/mol. The summed E-state index contributed by atoms with van der Waals surface area (Å²) in [5.74, 6) is -5.35. The third kappa shape index (κ3) is 4.45. The second kappa shape index (κ2) is 9.30. The SMILES string of the molecule is C[C@H](NC(=O)OCC1c2ccccc2-c2ccccc21)C(=O)Nc1cc(F)c(C(=O)O)c(F)c1. The summed E-state index contributed by atoms with van der Waals surface area (Å²) in [6, 6.07) is 16.0. The molecule has 9 heteroatoms. The number of halogens is 2. The molecular formula is C25H20F2N2O5. The second-order valence-electron chi connectivity index (χ2n) is 7.80. The molecule has 0 radical (unpaired) electrons. The van der Waals surface area contributed by atoms with Crippen LogP contribution in [0.15, 0.2) is 60.7 Å². The van der Waals surface area contributed by atoms with E-state index >= 15 is 0 Å². The lowest BCUT2D eigenvalue weighted by Gasteiger charge is -2.17. The highest BCUT2D eigenvalue weighted by atomic mass is 19.1. The minimum absolute atomic E-state index is 0.0568. The van der Waals surface area contributed by atoms with E-state index < -0.39 is 41.2 Å². The van der Waals surface area contributed by atoms with Crippen molar-refractivity contribution in [3.05, 3.63) is 89.0 Å². The lowest BCUT2D eigenvalue weighted by Crippen LogP contribution is -2.42. The normalized spacial score (nSPS) is 12.9. The number of carboxylic acid groups (broad SMARTS) is 1. The van der Waals surface area contributed by atoms with Crippen LogP contribution >= 0.6 is 0 Å². The second-order valence-corrected chi connectivity index (χ2v) is 7.80. The standard InChI is InChI=1S/C25H20F2N2O5/c1-13(23(30)29-14-10-20(26)22(24(31)32)21(27)11-14)28-25(33)34-12-19-17-8-4-2-6-15(17)16-7-3-5-9-18(16)19/h2-11,13,19H,12H2,1H3,(H,28,33)(H,29,30)(H,31,32)/t13-/m0/s1. The fraction of sp³-hybridized carbons (Fsp3) is 0.160. The van der Waals surface area contributed by atoms with E-state index in [2.05, 4.69) is 10.6 Å². The fourth-order valence-electron chi connectivity index (χ4n) is 3.98. The number of carboxylic acids is 1. The van der Waals surface area contributed by atoms with Crippen LogP contribution in [0.4, 0.5) is 19.3 Å². The molecule has 0 aliphatic heterocycles. The number of anilines is 1. The fourth-order valence-corrected chi connectivity index (χ4v) is 3.98. The molecule has 0 spiro atoms. The van der Waals surface area contributed by atoms with Gasteiger partial charge in [-0.25, -0.2) is 18.4 Å². The molecular weight excluding hydrogens is 446 g/mol. The van der Waals surface area contributed by atoms with Gasteiger partial charge < -0.3 is 20.5 Å². The summed E-state index contributed by atoms with van der Waals surface area (Å²) in [5.41, 5.74) is 2.82. The summed E-state index contributed by atoms with van der Waals surface area (Å²) in [4.78, 5) is 35.5. The smallest absolute Gasteiger partial charge is 0.407 e. The molecule has 0 unspecified atom stereocenters. The maximum atomic E-state index is 13.8. The zero-order valence-corrected chi connectivity index (χ0v) is 18.0. The van der Waals surface area contributed by atoms with Gasteiger partial charge in [-0.1, -0.05) is 48.5 Å². The van der Waals surface area contributed by atoms with Crippen LogP contribution in [-0.4, -0.2) is 35.7 Å². The van der Waals surface area contributed by atoms with Crippen LogP contribution in [0.3, 0.4) is 0 Å². The summed E-state index contributed by atoms with van der Waals surface area (Å²) in [5, 5.41) is 13.4. The summed E-state index contributed by atoms with van der Waals surface area (Å²) in [7, 11) is 0. The molecule has 1 aliphatic rings. The van der Waals surface area contributed by atoms with Crippen LogP contribution in [0.5, 0.6) is 0 Å². The Bertz CT molecular complexity index is 1230. The molecule has 0 heterocycles. The molecule has 4 rings (SSSR count). The number of carbonyl (C=O) groups excluding carboxylic acids is 2. The highest BCUT2D eigenvalue weighted by Crippen LogP contribution is 2.44. The Morgan fingerprint density at radius 3 is 2.03 bits per heavy atom. The Hall–Kier alpha value is -4.27. The highest BCUT2D eigenvalue weighted by Gasteiger charge is 2.29. The van der Waals surface area contributed by atoms with Crippen LogP contribution < -0.4 is 10.6 Å². The quantitative estimate of drug-likeness (QED) is 0.495. The predicted octanol–water partition coefficient (Wildman–Crippen LogP) is 4.53. The lowest BCUT2D eigenvalue weighted by molar-refractivity contribution is -0.117. The molecule has 3 N–H and O–H groups in total. The van der Waals surface area contributed by atoms with Gasteiger partial charge in [0, 0.05) is 11.6 Å². The molecule has 34 heavy (non-hydrogen) atoms. The molecule has 0 bridgehead atoms. The van der Waals surface area contributed by atoms with E-state index in [9.17, 15) is 23.2 Å². The van der Waals surface area contributed by atoms with Crippen molar-refractivity contribution >= 4 is 23.7 Å². The average molecular weight is 466 g/mol. The number of ether oxygens (including phenoxy) is 1. The molecule has 3 aromatic carbocycles. The zero-order valence-electron chi connectivity index (χ0n) is 18.0. The minimum atomic E-state index is -1.77.